The van der Waals surface area contributed by atoms with Crippen molar-refractivity contribution in [1.82, 2.24) is 10.2 Å². The van der Waals surface area contributed by atoms with Crippen molar-refractivity contribution in [1.29, 1.82) is 0 Å². The van der Waals surface area contributed by atoms with Crippen molar-refractivity contribution in [2.75, 3.05) is 55.6 Å². The molecule has 7 heteroatoms. The number of anilines is 2. The number of carbonyl (C=O) groups is 2. The van der Waals surface area contributed by atoms with Gasteiger partial charge in [0.1, 0.15) is 5.82 Å². The normalized spacial score (nSPS) is 19.7. The molecule has 31 heavy (non-hydrogen) atoms. The second-order valence-corrected chi connectivity index (χ2v) is 8.32. The van der Waals surface area contributed by atoms with E-state index in [0.29, 0.717) is 6.54 Å². The van der Waals surface area contributed by atoms with Crippen molar-refractivity contribution in [3.63, 3.8) is 0 Å². The van der Waals surface area contributed by atoms with Crippen molar-refractivity contribution >= 4 is 23.2 Å². The fourth-order valence-electron chi connectivity index (χ4n) is 4.30. The molecule has 164 valence electrons. The number of hydrogen-bond acceptors (Lipinski definition) is 4. The summed E-state index contributed by atoms with van der Waals surface area (Å²) < 4.78 is 14.2. The lowest BCUT2D eigenvalue weighted by molar-refractivity contribution is -0.126. The summed E-state index contributed by atoms with van der Waals surface area (Å²) in [6, 6.07) is 15.2. The van der Waals surface area contributed by atoms with Gasteiger partial charge in [-0.2, -0.15) is 0 Å². The monoisotopic (exact) mass is 424 g/mol. The van der Waals surface area contributed by atoms with Crippen LogP contribution in [0.3, 0.4) is 0 Å². The predicted octanol–water partition coefficient (Wildman–Crippen LogP) is 2.43. The van der Waals surface area contributed by atoms with Gasteiger partial charge in [0.25, 0.3) is 0 Å². The van der Waals surface area contributed by atoms with Crippen LogP contribution in [-0.2, 0) is 9.59 Å². The van der Waals surface area contributed by atoms with Crippen molar-refractivity contribution in [3.05, 3.63) is 59.9 Å². The maximum atomic E-state index is 14.2. The zero-order valence-corrected chi connectivity index (χ0v) is 17.9. The van der Waals surface area contributed by atoms with Crippen molar-refractivity contribution < 1.29 is 14.0 Å². The summed E-state index contributed by atoms with van der Waals surface area (Å²) in [6.45, 7) is 7.19. The zero-order valence-electron chi connectivity index (χ0n) is 17.9. The second-order valence-electron chi connectivity index (χ2n) is 8.32. The molecule has 2 heterocycles. The molecule has 1 atom stereocenters. The molecule has 2 amide bonds. The topological polar surface area (TPSA) is 55.9 Å². The molecule has 2 aromatic rings. The van der Waals surface area contributed by atoms with Crippen LogP contribution in [0.15, 0.2) is 48.5 Å². The van der Waals surface area contributed by atoms with Crippen LogP contribution in [0.25, 0.3) is 0 Å². The van der Waals surface area contributed by atoms with Crippen LogP contribution in [0, 0.1) is 18.7 Å². The van der Waals surface area contributed by atoms with Gasteiger partial charge in [-0.25, -0.2) is 4.39 Å². The Hall–Kier alpha value is -2.93. The molecule has 0 radical (unpaired) electrons. The Morgan fingerprint density at radius 3 is 2.55 bits per heavy atom. The van der Waals surface area contributed by atoms with Crippen LogP contribution in [0.1, 0.15) is 12.0 Å². The van der Waals surface area contributed by atoms with Gasteiger partial charge in [0, 0.05) is 57.9 Å². The van der Waals surface area contributed by atoms with Crippen LogP contribution in [0.4, 0.5) is 15.8 Å². The quantitative estimate of drug-likeness (QED) is 0.774. The predicted molar refractivity (Wildman–Crippen MR) is 120 cm³/mol. The summed E-state index contributed by atoms with van der Waals surface area (Å²) in [5.74, 6) is -1.21. The first-order valence-electron chi connectivity index (χ1n) is 10.9. The van der Waals surface area contributed by atoms with E-state index in [1.54, 1.807) is 19.1 Å². The fraction of sp³-hybridized carbons (Fsp3) is 0.417. The Bertz CT molecular complexity index is 928. The van der Waals surface area contributed by atoms with Gasteiger partial charge in [0.05, 0.1) is 11.6 Å². The average molecular weight is 425 g/mol. The number of benzene rings is 2. The molecule has 4 rings (SSSR count). The number of nitrogens with zero attached hydrogens (tertiary/aromatic N) is 3. The number of nitrogens with one attached hydrogen (secondary N) is 1. The molecule has 0 aromatic heterocycles. The van der Waals surface area contributed by atoms with E-state index in [4.69, 9.17) is 0 Å². The highest BCUT2D eigenvalue weighted by Gasteiger charge is 2.36. The van der Waals surface area contributed by atoms with Gasteiger partial charge >= 0.3 is 0 Å². The minimum absolute atomic E-state index is 0.120. The largest absolute Gasteiger partial charge is 0.369 e. The molecule has 0 spiro atoms. The van der Waals surface area contributed by atoms with E-state index in [1.165, 1.54) is 16.7 Å². The SMILES string of the molecule is Cc1ccc(N2CC(C(=O)NCCN3CCN(c4ccccc4)CC3)CC2=O)c(F)c1. The highest BCUT2D eigenvalue weighted by molar-refractivity contribution is 6.00. The molecule has 6 nitrogen and oxygen atoms in total. The van der Waals surface area contributed by atoms with Crippen molar-refractivity contribution in [2.24, 2.45) is 5.92 Å². The smallest absolute Gasteiger partial charge is 0.227 e. The highest BCUT2D eigenvalue weighted by atomic mass is 19.1. The van der Waals surface area contributed by atoms with Crippen LogP contribution in [0.2, 0.25) is 0 Å². The highest BCUT2D eigenvalue weighted by Crippen LogP contribution is 2.28. The van der Waals surface area contributed by atoms with Gasteiger partial charge < -0.3 is 15.1 Å². The molecule has 2 aromatic carbocycles. The molecule has 1 N–H and O–H groups in total. The maximum Gasteiger partial charge on any atom is 0.227 e. The summed E-state index contributed by atoms with van der Waals surface area (Å²) in [5, 5.41) is 2.96. The van der Waals surface area contributed by atoms with Crippen molar-refractivity contribution in [2.45, 2.75) is 13.3 Å². The number of carbonyl (C=O) groups excluding carboxylic acids is 2. The van der Waals surface area contributed by atoms with E-state index in [-0.39, 0.29) is 30.5 Å². The van der Waals surface area contributed by atoms with Crippen LogP contribution in [0.5, 0.6) is 0 Å². The Labute approximate surface area is 182 Å². The Morgan fingerprint density at radius 1 is 1.10 bits per heavy atom. The summed E-state index contributed by atoms with van der Waals surface area (Å²) in [5.41, 5.74) is 2.30. The summed E-state index contributed by atoms with van der Waals surface area (Å²) in [6.07, 6.45) is 0.120. The molecule has 2 saturated heterocycles. The zero-order chi connectivity index (χ0) is 21.8. The molecule has 2 aliphatic heterocycles. The van der Waals surface area contributed by atoms with Crippen LogP contribution < -0.4 is 15.1 Å². The minimum Gasteiger partial charge on any atom is -0.369 e. The van der Waals surface area contributed by atoms with Crippen molar-refractivity contribution in [3.8, 4) is 0 Å². The number of rotatable bonds is 6. The Morgan fingerprint density at radius 2 is 1.84 bits per heavy atom. The Kier molecular flexibility index (Phi) is 6.51. The number of piperazine rings is 1. The van der Waals surface area contributed by atoms with Gasteiger partial charge in [0.15, 0.2) is 0 Å². The molecule has 2 fully saturated rings. The standard InChI is InChI=1S/C24H29FN4O2/c1-18-7-8-22(21(25)15-18)29-17-19(16-23(29)30)24(31)26-9-10-27-11-13-28(14-12-27)20-5-3-2-4-6-20/h2-8,15,19H,9-14,16-17H2,1H3,(H,26,31). The molecular weight excluding hydrogens is 395 g/mol. The third-order valence-corrected chi connectivity index (χ3v) is 6.11. The molecule has 1 unspecified atom stereocenters. The van der Waals surface area contributed by atoms with Gasteiger partial charge in [-0.1, -0.05) is 24.3 Å². The summed E-state index contributed by atoms with van der Waals surface area (Å²) in [7, 11) is 0. The minimum atomic E-state index is -0.442. The second kappa shape index (κ2) is 9.47. The van der Waals surface area contributed by atoms with Crippen LogP contribution in [-0.4, -0.2) is 62.5 Å². The number of para-hydroxylation sites is 1. The first kappa shape index (κ1) is 21.3. The third-order valence-electron chi connectivity index (χ3n) is 6.11. The lowest BCUT2D eigenvalue weighted by Gasteiger charge is -2.36. The first-order chi connectivity index (χ1) is 15.0. The Balaban J connectivity index is 1.21. The average Bonchev–Trinajstić information content (AvgIpc) is 3.16. The van der Waals surface area contributed by atoms with Gasteiger partial charge in [-0.3, -0.25) is 14.5 Å². The van der Waals surface area contributed by atoms with E-state index >= 15 is 0 Å². The molecular formula is C24H29FN4O2. The van der Waals surface area contributed by atoms with E-state index in [9.17, 15) is 14.0 Å². The number of aryl methyl sites for hydroxylation is 1. The lowest BCUT2D eigenvalue weighted by Crippen LogP contribution is -2.48. The van der Waals surface area contributed by atoms with Crippen LogP contribution >= 0.6 is 0 Å². The van der Waals surface area contributed by atoms with E-state index < -0.39 is 11.7 Å². The van der Waals surface area contributed by atoms with Gasteiger partial charge in [0.2, 0.25) is 11.8 Å². The fourth-order valence-corrected chi connectivity index (χ4v) is 4.30. The number of halogens is 1. The summed E-state index contributed by atoms with van der Waals surface area (Å²) in [4.78, 5) is 31.0. The molecule has 0 aliphatic carbocycles. The number of amides is 2. The maximum absolute atomic E-state index is 14.2. The molecule has 0 saturated carbocycles. The summed E-state index contributed by atoms with van der Waals surface area (Å²) >= 11 is 0. The first-order valence-corrected chi connectivity index (χ1v) is 10.9. The lowest BCUT2D eigenvalue weighted by atomic mass is 10.1. The van der Waals surface area contributed by atoms with E-state index in [0.717, 1.165) is 38.3 Å². The number of hydrogen-bond donors (Lipinski definition) is 1. The molecule has 0 bridgehead atoms. The van der Waals surface area contributed by atoms with E-state index in [1.807, 2.05) is 6.07 Å². The van der Waals surface area contributed by atoms with Gasteiger partial charge in [-0.15, -0.1) is 0 Å². The molecule has 2 aliphatic rings. The van der Waals surface area contributed by atoms with E-state index in [2.05, 4.69) is 39.4 Å². The van der Waals surface area contributed by atoms with Gasteiger partial charge in [-0.05, 0) is 36.8 Å². The third kappa shape index (κ3) is 5.05.